The Hall–Kier alpha value is -3.95. The molecule has 10 heteroatoms. The average molecular weight is 484 g/mol. The van der Waals surface area contributed by atoms with Gasteiger partial charge in [0.05, 0.1) is 34.3 Å². The van der Waals surface area contributed by atoms with Gasteiger partial charge in [-0.3, -0.25) is 14.4 Å². The van der Waals surface area contributed by atoms with Crippen molar-refractivity contribution in [3.05, 3.63) is 71.8 Å². The Balaban J connectivity index is 1.25. The van der Waals surface area contributed by atoms with E-state index in [-0.39, 0.29) is 34.9 Å². The first-order valence-corrected chi connectivity index (χ1v) is 10.9. The number of ether oxygens (including phenoxy) is 1. The highest BCUT2D eigenvalue weighted by molar-refractivity contribution is 6.23. The minimum Gasteiger partial charge on any atom is -0.452 e. The molecule has 1 saturated carbocycles. The molecule has 1 heterocycles. The summed E-state index contributed by atoms with van der Waals surface area (Å²) in [6, 6.07) is 10.2. The molecule has 2 aliphatic carbocycles. The monoisotopic (exact) mass is 484 g/mol. The highest BCUT2D eigenvalue weighted by Gasteiger charge is 2.59. The fraction of sp³-hybridized carbons (Fsp3) is 0.280. The predicted molar refractivity (Wildman–Crippen MR) is 117 cm³/mol. The van der Waals surface area contributed by atoms with Gasteiger partial charge in [0, 0.05) is 0 Å². The van der Waals surface area contributed by atoms with Crippen molar-refractivity contribution in [3.63, 3.8) is 0 Å². The summed E-state index contributed by atoms with van der Waals surface area (Å²) >= 11 is 0. The first kappa shape index (κ1) is 22.8. The maximum atomic E-state index is 13.1. The molecule has 2 fully saturated rings. The summed E-state index contributed by atoms with van der Waals surface area (Å²) in [4.78, 5) is 51.6. The van der Waals surface area contributed by atoms with Gasteiger partial charge in [0.1, 0.15) is 0 Å². The van der Waals surface area contributed by atoms with Crippen molar-refractivity contribution in [2.45, 2.75) is 12.6 Å². The van der Waals surface area contributed by atoms with Gasteiger partial charge < -0.3 is 10.1 Å². The first-order valence-electron chi connectivity index (χ1n) is 10.9. The van der Waals surface area contributed by atoms with Crippen molar-refractivity contribution in [1.29, 1.82) is 0 Å². The van der Waals surface area contributed by atoms with Crippen molar-refractivity contribution >= 4 is 35.1 Å². The van der Waals surface area contributed by atoms with E-state index in [2.05, 4.69) is 5.32 Å². The van der Waals surface area contributed by atoms with Crippen molar-refractivity contribution in [3.8, 4) is 0 Å². The van der Waals surface area contributed by atoms with Crippen LogP contribution in [0.5, 0.6) is 0 Å². The van der Waals surface area contributed by atoms with Crippen molar-refractivity contribution in [1.82, 2.24) is 0 Å². The van der Waals surface area contributed by atoms with Gasteiger partial charge >= 0.3 is 12.1 Å². The number of imide groups is 1. The zero-order valence-corrected chi connectivity index (χ0v) is 18.1. The highest BCUT2D eigenvalue weighted by Crippen LogP contribution is 2.53. The number of halogens is 3. The third-order valence-corrected chi connectivity index (χ3v) is 6.65. The standard InChI is InChI=1S/C25H19F3N2O5/c26-25(27,28)17-6-1-2-7-18(17)29-19(31)12-35-24(34)15-4-3-5-16(11-15)30-22(32)20-13-8-9-14(10-13)21(20)23(30)33/h1-9,11,13-14,20-21H,10,12H2,(H,29,31)/t13-,14-,20+,21+/m0/s1. The van der Waals surface area contributed by atoms with Gasteiger partial charge in [0.15, 0.2) is 6.61 Å². The second-order valence-corrected chi connectivity index (χ2v) is 8.73. The van der Waals surface area contributed by atoms with E-state index in [0.29, 0.717) is 0 Å². The van der Waals surface area contributed by atoms with Gasteiger partial charge in [0.25, 0.3) is 5.91 Å². The lowest BCUT2D eigenvalue weighted by Gasteiger charge is -2.18. The molecule has 0 unspecified atom stereocenters. The van der Waals surface area contributed by atoms with E-state index in [1.54, 1.807) is 0 Å². The Kier molecular flexibility index (Phi) is 5.46. The highest BCUT2D eigenvalue weighted by atomic mass is 19.4. The van der Waals surface area contributed by atoms with Gasteiger partial charge in [-0.2, -0.15) is 13.2 Å². The molecule has 5 rings (SSSR count). The molecule has 1 saturated heterocycles. The molecule has 1 aliphatic heterocycles. The van der Waals surface area contributed by atoms with Crippen LogP contribution in [0.1, 0.15) is 22.3 Å². The second kappa shape index (κ2) is 8.37. The normalized spacial score (nSPS) is 24.6. The van der Waals surface area contributed by atoms with Crippen LogP contribution in [0.2, 0.25) is 0 Å². The van der Waals surface area contributed by atoms with E-state index < -0.39 is 47.7 Å². The number of amides is 3. The summed E-state index contributed by atoms with van der Waals surface area (Å²) < 4.78 is 44.2. The Morgan fingerprint density at radius 1 is 0.971 bits per heavy atom. The van der Waals surface area contributed by atoms with Crippen LogP contribution in [-0.2, 0) is 25.3 Å². The van der Waals surface area contributed by atoms with Crippen LogP contribution in [0, 0.1) is 23.7 Å². The van der Waals surface area contributed by atoms with Gasteiger partial charge in [-0.1, -0.05) is 30.4 Å². The van der Waals surface area contributed by atoms with E-state index in [0.717, 1.165) is 23.5 Å². The average Bonchev–Trinajstić information content (AvgIpc) is 3.51. The first-order chi connectivity index (χ1) is 16.6. The number of nitrogens with one attached hydrogen (secondary N) is 1. The quantitative estimate of drug-likeness (QED) is 0.396. The number of anilines is 2. The molecule has 4 atom stereocenters. The number of carbonyl (C=O) groups is 4. The number of benzene rings is 2. The number of nitrogens with zero attached hydrogens (tertiary/aromatic N) is 1. The molecule has 0 aromatic heterocycles. The molecule has 1 N–H and O–H groups in total. The third kappa shape index (κ3) is 3.98. The summed E-state index contributed by atoms with van der Waals surface area (Å²) in [5, 5.41) is 2.09. The second-order valence-electron chi connectivity index (χ2n) is 8.73. The topological polar surface area (TPSA) is 92.8 Å². The Labute approximate surface area is 197 Å². The van der Waals surface area contributed by atoms with E-state index in [4.69, 9.17) is 4.74 Å². The molecule has 7 nitrogen and oxygen atoms in total. The third-order valence-electron chi connectivity index (χ3n) is 6.65. The van der Waals surface area contributed by atoms with Crippen LogP contribution >= 0.6 is 0 Å². The van der Waals surface area contributed by atoms with Crippen molar-refractivity contribution < 1.29 is 37.1 Å². The van der Waals surface area contributed by atoms with Crippen molar-refractivity contribution in [2.75, 3.05) is 16.8 Å². The number of hydrogen-bond donors (Lipinski definition) is 1. The SMILES string of the molecule is O=C(COC(=O)c1cccc(N2C(=O)[C@H]3[C@H](C2=O)[C@H]2C=C[C@H]3C2)c1)Nc1ccccc1C(F)(F)F. The molecule has 180 valence electrons. The van der Waals surface area contributed by atoms with Crippen LogP contribution in [0.4, 0.5) is 24.5 Å². The largest absolute Gasteiger partial charge is 0.452 e. The lowest BCUT2D eigenvalue weighted by Crippen LogP contribution is -2.33. The summed E-state index contributed by atoms with van der Waals surface area (Å²) in [7, 11) is 0. The van der Waals surface area contributed by atoms with E-state index >= 15 is 0 Å². The lowest BCUT2D eigenvalue weighted by molar-refractivity contribution is -0.137. The smallest absolute Gasteiger partial charge is 0.418 e. The Bertz CT molecular complexity index is 1240. The predicted octanol–water partition coefficient (Wildman–Crippen LogP) is 3.81. The van der Waals surface area contributed by atoms with Gasteiger partial charge in [-0.05, 0) is 48.6 Å². The molecule has 2 bridgehead atoms. The van der Waals surface area contributed by atoms with E-state index in [9.17, 15) is 32.3 Å². The molecule has 3 amide bonds. The van der Waals surface area contributed by atoms with E-state index in [1.165, 1.54) is 36.4 Å². The maximum absolute atomic E-state index is 13.1. The Morgan fingerprint density at radius 3 is 2.29 bits per heavy atom. The van der Waals surface area contributed by atoms with Crippen LogP contribution in [0.25, 0.3) is 0 Å². The van der Waals surface area contributed by atoms with Crippen LogP contribution < -0.4 is 10.2 Å². The number of carbonyl (C=O) groups excluding carboxylic acids is 4. The number of esters is 1. The minimum absolute atomic E-state index is 0.00949. The fourth-order valence-electron chi connectivity index (χ4n) is 5.17. The van der Waals surface area contributed by atoms with Crippen LogP contribution in [0.3, 0.4) is 0 Å². The molecule has 2 aromatic rings. The number of alkyl halides is 3. The summed E-state index contributed by atoms with van der Waals surface area (Å²) in [6.45, 7) is -0.823. The van der Waals surface area contributed by atoms with Gasteiger partial charge in [0.2, 0.25) is 11.8 Å². The summed E-state index contributed by atoms with van der Waals surface area (Å²) in [6.07, 6.45) is 0.0843. The Morgan fingerprint density at radius 2 is 1.63 bits per heavy atom. The fourth-order valence-corrected chi connectivity index (χ4v) is 5.17. The number of fused-ring (bicyclic) bond motifs is 5. The molecule has 35 heavy (non-hydrogen) atoms. The zero-order chi connectivity index (χ0) is 24.9. The summed E-state index contributed by atoms with van der Waals surface area (Å²) in [5.41, 5.74) is -1.26. The van der Waals surface area contributed by atoms with E-state index in [1.807, 2.05) is 12.2 Å². The molecule has 0 radical (unpaired) electrons. The lowest BCUT2D eigenvalue weighted by atomic mass is 9.85. The number of rotatable bonds is 5. The summed E-state index contributed by atoms with van der Waals surface area (Å²) in [5.74, 6) is -3.18. The molecular formula is C25H19F3N2O5. The van der Waals surface area contributed by atoms with Crippen molar-refractivity contribution in [2.24, 2.45) is 23.7 Å². The van der Waals surface area contributed by atoms with Gasteiger partial charge in [-0.25, -0.2) is 9.69 Å². The molecule has 2 aromatic carbocycles. The number of hydrogen-bond acceptors (Lipinski definition) is 5. The molecule has 3 aliphatic rings. The van der Waals surface area contributed by atoms with Crippen LogP contribution in [0.15, 0.2) is 60.7 Å². The molecular weight excluding hydrogens is 465 g/mol. The van der Waals surface area contributed by atoms with Gasteiger partial charge in [-0.15, -0.1) is 0 Å². The molecule has 0 spiro atoms. The number of allylic oxidation sites excluding steroid dienone is 2. The zero-order valence-electron chi connectivity index (χ0n) is 18.1. The maximum Gasteiger partial charge on any atom is 0.418 e. The minimum atomic E-state index is -4.67. The van der Waals surface area contributed by atoms with Crippen LogP contribution in [-0.4, -0.2) is 30.3 Å². The number of para-hydroxylation sites is 1.